The van der Waals surface area contributed by atoms with E-state index < -0.39 is 0 Å². The second-order valence-corrected chi connectivity index (χ2v) is 8.62. The van der Waals surface area contributed by atoms with Crippen LogP contribution in [-0.2, 0) is 18.8 Å². The van der Waals surface area contributed by atoms with E-state index >= 15 is 0 Å². The SMILES string of the molecule is CCOC(=O)CC1CCN(c2ccc(B3OC(C)(C)C(C)(C)O3)cc2)CC1. The van der Waals surface area contributed by atoms with Crippen molar-refractivity contribution < 1.29 is 18.8 Å². The highest BCUT2D eigenvalue weighted by Gasteiger charge is 2.51. The molecule has 27 heavy (non-hydrogen) atoms. The summed E-state index contributed by atoms with van der Waals surface area (Å²) in [5.41, 5.74) is 1.62. The third-order valence-corrected chi connectivity index (χ3v) is 6.16. The summed E-state index contributed by atoms with van der Waals surface area (Å²) in [6.45, 7) is 12.5. The van der Waals surface area contributed by atoms with Crippen molar-refractivity contribution in [2.45, 2.75) is 65.1 Å². The lowest BCUT2D eigenvalue weighted by Gasteiger charge is -2.33. The van der Waals surface area contributed by atoms with Gasteiger partial charge in [0.15, 0.2) is 0 Å². The Balaban J connectivity index is 1.55. The molecule has 0 aromatic heterocycles. The van der Waals surface area contributed by atoms with Gasteiger partial charge >= 0.3 is 13.1 Å². The highest BCUT2D eigenvalue weighted by molar-refractivity contribution is 6.62. The molecule has 0 radical (unpaired) electrons. The molecule has 0 bridgehead atoms. The fourth-order valence-corrected chi connectivity index (χ4v) is 3.67. The molecule has 1 aromatic rings. The Bertz CT molecular complexity index is 635. The van der Waals surface area contributed by atoms with E-state index in [9.17, 15) is 4.79 Å². The summed E-state index contributed by atoms with van der Waals surface area (Å²) >= 11 is 0. The van der Waals surface area contributed by atoms with Gasteiger partial charge in [-0.3, -0.25) is 4.79 Å². The first-order valence-electron chi connectivity index (χ1n) is 10.1. The summed E-state index contributed by atoms with van der Waals surface area (Å²) in [4.78, 5) is 14.0. The van der Waals surface area contributed by atoms with E-state index in [2.05, 4.69) is 56.9 Å². The average Bonchev–Trinajstić information content (AvgIpc) is 2.84. The van der Waals surface area contributed by atoms with E-state index in [0.29, 0.717) is 18.9 Å². The zero-order valence-electron chi connectivity index (χ0n) is 17.3. The lowest BCUT2D eigenvalue weighted by atomic mass is 9.79. The van der Waals surface area contributed by atoms with Gasteiger partial charge in [0.25, 0.3) is 0 Å². The molecule has 0 spiro atoms. The molecule has 6 heteroatoms. The first-order chi connectivity index (χ1) is 12.7. The van der Waals surface area contributed by atoms with Crippen LogP contribution in [0.1, 0.15) is 53.9 Å². The first kappa shape index (κ1) is 20.2. The van der Waals surface area contributed by atoms with Crippen LogP contribution < -0.4 is 10.4 Å². The van der Waals surface area contributed by atoms with E-state index in [-0.39, 0.29) is 24.3 Å². The number of carbonyl (C=O) groups is 1. The number of piperidine rings is 1. The van der Waals surface area contributed by atoms with Crippen molar-refractivity contribution in [2.24, 2.45) is 5.92 Å². The van der Waals surface area contributed by atoms with E-state index in [4.69, 9.17) is 14.0 Å². The molecule has 0 atom stereocenters. The lowest BCUT2D eigenvalue weighted by molar-refractivity contribution is -0.144. The van der Waals surface area contributed by atoms with Gasteiger partial charge in [-0.15, -0.1) is 0 Å². The molecule has 0 aliphatic carbocycles. The van der Waals surface area contributed by atoms with Crippen LogP contribution >= 0.6 is 0 Å². The Hall–Kier alpha value is -1.53. The van der Waals surface area contributed by atoms with E-state index in [1.54, 1.807) is 0 Å². The van der Waals surface area contributed by atoms with Gasteiger partial charge in [0.1, 0.15) is 0 Å². The molecule has 0 N–H and O–H groups in total. The van der Waals surface area contributed by atoms with Crippen LogP contribution in [0.2, 0.25) is 0 Å². The van der Waals surface area contributed by atoms with Gasteiger partial charge in [-0.1, -0.05) is 12.1 Å². The summed E-state index contributed by atoms with van der Waals surface area (Å²) in [5, 5.41) is 0. The molecule has 3 rings (SSSR count). The number of hydrogen-bond acceptors (Lipinski definition) is 5. The molecule has 148 valence electrons. The molecular formula is C21H32BNO4. The van der Waals surface area contributed by atoms with Gasteiger partial charge in [0.05, 0.1) is 17.8 Å². The summed E-state index contributed by atoms with van der Waals surface area (Å²) in [6.07, 6.45) is 2.60. The number of esters is 1. The maximum absolute atomic E-state index is 11.7. The highest BCUT2D eigenvalue weighted by Crippen LogP contribution is 2.36. The molecular weight excluding hydrogens is 341 g/mol. The number of benzene rings is 1. The molecule has 2 aliphatic rings. The lowest BCUT2D eigenvalue weighted by Crippen LogP contribution is -2.41. The molecule has 2 heterocycles. The molecule has 2 fully saturated rings. The minimum Gasteiger partial charge on any atom is -0.466 e. The highest BCUT2D eigenvalue weighted by atomic mass is 16.7. The van der Waals surface area contributed by atoms with Gasteiger partial charge in [0, 0.05) is 25.2 Å². The van der Waals surface area contributed by atoms with Crippen LogP contribution in [0.5, 0.6) is 0 Å². The van der Waals surface area contributed by atoms with Crippen molar-refractivity contribution in [1.29, 1.82) is 0 Å². The van der Waals surface area contributed by atoms with Gasteiger partial charge in [0.2, 0.25) is 0 Å². The summed E-state index contributed by atoms with van der Waals surface area (Å²) in [5.74, 6) is 0.368. The molecule has 0 amide bonds. The van der Waals surface area contributed by atoms with Crippen molar-refractivity contribution in [3.05, 3.63) is 24.3 Å². The van der Waals surface area contributed by atoms with Gasteiger partial charge in [-0.05, 0) is 71.0 Å². The third kappa shape index (κ3) is 4.49. The van der Waals surface area contributed by atoms with Crippen LogP contribution in [0, 0.1) is 5.92 Å². The largest absolute Gasteiger partial charge is 0.494 e. The van der Waals surface area contributed by atoms with Crippen LogP contribution in [-0.4, -0.2) is 44.0 Å². The zero-order chi connectivity index (χ0) is 19.7. The Morgan fingerprint density at radius 1 is 1.11 bits per heavy atom. The molecule has 0 unspecified atom stereocenters. The van der Waals surface area contributed by atoms with Crippen LogP contribution in [0.3, 0.4) is 0 Å². The predicted octanol–water partition coefficient (Wildman–Crippen LogP) is 3.16. The standard InChI is InChI=1S/C21H32BNO4/c1-6-25-19(24)15-16-11-13-23(14-12-16)18-9-7-17(8-10-18)22-26-20(2,3)21(4,5)27-22/h7-10,16H,6,11-15H2,1-5H3. The predicted molar refractivity (Wildman–Crippen MR) is 108 cm³/mol. The monoisotopic (exact) mass is 373 g/mol. The summed E-state index contributed by atoms with van der Waals surface area (Å²) < 4.78 is 17.3. The number of rotatable bonds is 5. The summed E-state index contributed by atoms with van der Waals surface area (Å²) in [6, 6.07) is 8.49. The fourth-order valence-electron chi connectivity index (χ4n) is 3.67. The Morgan fingerprint density at radius 2 is 1.67 bits per heavy atom. The quantitative estimate of drug-likeness (QED) is 0.586. The number of hydrogen-bond donors (Lipinski definition) is 0. The first-order valence-corrected chi connectivity index (χ1v) is 10.1. The third-order valence-electron chi connectivity index (χ3n) is 6.16. The number of ether oxygens (including phenoxy) is 1. The van der Waals surface area contributed by atoms with E-state index in [1.807, 2.05) is 6.92 Å². The van der Waals surface area contributed by atoms with E-state index in [0.717, 1.165) is 31.4 Å². The number of carbonyl (C=O) groups excluding carboxylic acids is 1. The normalized spacial score (nSPS) is 22.1. The summed E-state index contributed by atoms with van der Waals surface area (Å²) in [7, 11) is -0.320. The van der Waals surface area contributed by atoms with Crippen LogP contribution in [0.25, 0.3) is 0 Å². The maximum atomic E-state index is 11.7. The zero-order valence-corrected chi connectivity index (χ0v) is 17.3. The maximum Gasteiger partial charge on any atom is 0.494 e. The smallest absolute Gasteiger partial charge is 0.466 e. The second kappa shape index (κ2) is 7.84. The van der Waals surface area contributed by atoms with Gasteiger partial charge < -0.3 is 18.9 Å². The van der Waals surface area contributed by atoms with Crippen LogP contribution in [0.15, 0.2) is 24.3 Å². The fraction of sp³-hybridized carbons (Fsp3) is 0.667. The van der Waals surface area contributed by atoms with Crippen LogP contribution in [0.4, 0.5) is 5.69 Å². The van der Waals surface area contributed by atoms with Crippen molar-refractivity contribution in [2.75, 3.05) is 24.6 Å². The molecule has 5 nitrogen and oxygen atoms in total. The van der Waals surface area contributed by atoms with Crippen molar-refractivity contribution in [3.8, 4) is 0 Å². The van der Waals surface area contributed by atoms with Gasteiger partial charge in [-0.25, -0.2) is 0 Å². The average molecular weight is 373 g/mol. The Kier molecular flexibility index (Phi) is 5.87. The number of anilines is 1. The molecule has 2 saturated heterocycles. The molecule has 2 aliphatic heterocycles. The minimum absolute atomic E-state index is 0.0669. The molecule has 1 aromatic carbocycles. The van der Waals surface area contributed by atoms with Crippen molar-refractivity contribution >= 4 is 24.2 Å². The topological polar surface area (TPSA) is 48.0 Å². The van der Waals surface area contributed by atoms with Crippen molar-refractivity contribution in [3.63, 3.8) is 0 Å². The van der Waals surface area contributed by atoms with E-state index in [1.165, 1.54) is 5.69 Å². The Labute approximate surface area is 163 Å². The second-order valence-electron chi connectivity index (χ2n) is 8.62. The Morgan fingerprint density at radius 3 is 2.19 bits per heavy atom. The minimum atomic E-state index is -0.322. The molecule has 0 saturated carbocycles. The van der Waals surface area contributed by atoms with Crippen molar-refractivity contribution in [1.82, 2.24) is 0 Å². The van der Waals surface area contributed by atoms with Gasteiger partial charge in [-0.2, -0.15) is 0 Å². The number of nitrogens with zero attached hydrogens (tertiary/aromatic N) is 1.